The molecule has 1 heterocycles. The van der Waals surface area contributed by atoms with E-state index in [4.69, 9.17) is 0 Å². The minimum Gasteiger partial charge on any atom is -0.376 e. The number of carbonyl (C=O) groups excluding carboxylic acids is 1. The summed E-state index contributed by atoms with van der Waals surface area (Å²) in [6.45, 7) is 1.91. The Balaban J connectivity index is 2.20. The molecule has 1 aromatic heterocycles. The predicted molar refractivity (Wildman–Crippen MR) is 78.3 cm³/mol. The summed E-state index contributed by atoms with van der Waals surface area (Å²) in [5, 5.41) is 4.02. The number of rotatable bonds is 4. The molecule has 2 rings (SSSR count). The molecule has 0 saturated carbocycles. The van der Waals surface area contributed by atoms with Crippen molar-refractivity contribution in [3.8, 4) is 0 Å². The van der Waals surface area contributed by atoms with Gasteiger partial charge in [-0.25, -0.2) is 4.68 Å². The van der Waals surface area contributed by atoms with Gasteiger partial charge in [0.05, 0.1) is 11.9 Å². The third-order valence-electron chi connectivity index (χ3n) is 3.04. The molecule has 0 aliphatic rings. The molecule has 0 spiro atoms. The van der Waals surface area contributed by atoms with Crippen LogP contribution in [0.1, 0.15) is 15.9 Å². The van der Waals surface area contributed by atoms with E-state index >= 15 is 0 Å². The van der Waals surface area contributed by atoms with Crippen LogP contribution in [-0.4, -0.2) is 29.7 Å². The zero-order chi connectivity index (χ0) is 14.7. The number of anilines is 1. The van der Waals surface area contributed by atoms with Crippen LogP contribution in [0.15, 0.2) is 41.3 Å². The van der Waals surface area contributed by atoms with Gasteiger partial charge in [-0.1, -0.05) is 29.8 Å². The molecule has 1 aromatic carbocycles. The number of hydrogen-bond acceptors (Lipinski definition) is 4. The lowest BCUT2D eigenvalue weighted by Gasteiger charge is -2.12. The fourth-order valence-corrected chi connectivity index (χ4v) is 1.75. The number of ketones is 1. The predicted octanol–water partition coefficient (Wildman–Crippen LogP) is 1.50. The van der Waals surface area contributed by atoms with Crippen molar-refractivity contribution < 1.29 is 4.79 Å². The van der Waals surface area contributed by atoms with Gasteiger partial charge in [0.15, 0.2) is 5.78 Å². The number of hydrogen-bond donors (Lipinski definition) is 0. The summed E-state index contributed by atoms with van der Waals surface area (Å²) in [6.07, 6.45) is 1.57. The van der Waals surface area contributed by atoms with E-state index in [-0.39, 0.29) is 17.9 Å². The molecular formula is C15H17N3O2. The topological polar surface area (TPSA) is 55.2 Å². The Bertz CT molecular complexity index is 672. The molecule has 104 valence electrons. The summed E-state index contributed by atoms with van der Waals surface area (Å²) in [5.41, 5.74) is 2.11. The summed E-state index contributed by atoms with van der Waals surface area (Å²) in [5.74, 6) is -0.128. The zero-order valence-corrected chi connectivity index (χ0v) is 11.8. The molecule has 0 unspecified atom stereocenters. The second kappa shape index (κ2) is 5.69. The first-order valence-corrected chi connectivity index (χ1v) is 6.32. The van der Waals surface area contributed by atoms with Gasteiger partial charge in [-0.2, -0.15) is 5.10 Å². The summed E-state index contributed by atoms with van der Waals surface area (Å²) in [7, 11) is 3.66. The fourth-order valence-electron chi connectivity index (χ4n) is 1.75. The van der Waals surface area contributed by atoms with Gasteiger partial charge in [0, 0.05) is 25.7 Å². The molecule has 20 heavy (non-hydrogen) atoms. The van der Waals surface area contributed by atoms with Crippen LogP contribution in [0.5, 0.6) is 0 Å². The Kier molecular flexibility index (Phi) is 3.98. The monoisotopic (exact) mass is 271 g/mol. The summed E-state index contributed by atoms with van der Waals surface area (Å²) in [6, 6.07) is 8.74. The van der Waals surface area contributed by atoms with Crippen molar-refractivity contribution in [3.05, 3.63) is 58.0 Å². The quantitative estimate of drug-likeness (QED) is 0.791. The zero-order valence-electron chi connectivity index (χ0n) is 11.8. The van der Waals surface area contributed by atoms with Gasteiger partial charge in [0.1, 0.15) is 6.54 Å². The minimum absolute atomic E-state index is 0.0460. The largest absolute Gasteiger partial charge is 0.376 e. The number of nitrogens with zero attached hydrogens (tertiary/aromatic N) is 3. The van der Waals surface area contributed by atoms with E-state index in [1.165, 1.54) is 10.7 Å². The molecule has 0 amide bonds. The van der Waals surface area contributed by atoms with Crippen molar-refractivity contribution >= 4 is 11.5 Å². The minimum atomic E-state index is -0.281. The maximum atomic E-state index is 12.1. The molecule has 0 saturated heterocycles. The van der Waals surface area contributed by atoms with Gasteiger partial charge in [0.2, 0.25) is 0 Å². The van der Waals surface area contributed by atoms with Gasteiger partial charge in [-0.15, -0.1) is 0 Å². The average molecular weight is 271 g/mol. The Hall–Kier alpha value is -2.43. The summed E-state index contributed by atoms with van der Waals surface area (Å²) < 4.78 is 1.18. The highest BCUT2D eigenvalue weighted by Gasteiger charge is 2.09. The standard InChI is InChI=1S/C15H17N3O2/c1-11-4-6-12(7-5-11)14(19)10-18-15(20)8-13(9-16-18)17(2)3/h4-9H,10H2,1-3H3. The first-order valence-electron chi connectivity index (χ1n) is 6.32. The maximum absolute atomic E-state index is 12.1. The molecule has 2 aromatic rings. The molecule has 0 N–H and O–H groups in total. The fraction of sp³-hybridized carbons (Fsp3) is 0.267. The molecule has 0 aliphatic carbocycles. The first-order chi connectivity index (χ1) is 9.47. The third-order valence-corrected chi connectivity index (χ3v) is 3.04. The van der Waals surface area contributed by atoms with E-state index in [1.54, 1.807) is 23.2 Å². The van der Waals surface area contributed by atoms with Gasteiger partial charge >= 0.3 is 0 Å². The van der Waals surface area contributed by atoms with Crippen LogP contribution in [0.2, 0.25) is 0 Å². The van der Waals surface area contributed by atoms with Crippen molar-refractivity contribution in [3.63, 3.8) is 0 Å². The molecular weight excluding hydrogens is 254 g/mol. The van der Waals surface area contributed by atoms with Crippen LogP contribution in [0, 0.1) is 6.92 Å². The van der Waals surface area contributed by atoms with E-state index in [2.05, 4.69) is 5.10 Å². The second-order valence-electron chi connectivity index (χ2n) is 4.89. The molecule has 5 nitrogen and oxygen atoms in total. The number of carbonyl (C=O) groups is 1. The van der Waals surface area contributed by atoms with Crippen LogP contribution < -0.4 is 10.5 Å². The number of aryl methyl sites for hydroxylation is 1. The molecule has 5 heteroatoms. The SMILES string of the molecule is Cc1ccc(C(=O)Cn2ncc(N(C)C)cc2=O)cc1. The highest BCUT2D eigenvalue weighted by Crippen LogP contribution is 2.06. The lowest BCUT2D eigenvalue weighted by atomic mass is 10.1. The van der Waals surface area contributed by atoms with E-state index in [9.17, 15) is 9.59 Å². The maximum Gasteiger partial charge on any atom is 0.269 e. The Labute approximate surface area is 117 Å². The van der Waals surface area contributed by atoms with Gasteiger partial charge in [0.25, 0.3) is 5.56 Å². The second-order valence-corrected chi connectivity index (χ2v) is 4.89. The van der Waals surface area contributed by atoms with Gasteiger partial charge in [-0.05, 0) is 6.92 Å². The number of aromatic nitrogens is 2. The molecule has 0 bridgehead atoms. The Morgan fingerprint density at radius 2 is 1.90 bits per heavy atom. The van der Waals surface area contributed by atoms with Crippen molar-refractivity contribution in [2.75, 3.05) is 19.0 Å². The first kappa shape index (κ1) is 14.0. The summed E-state index contributed by atoms with van der Waals surface area (Å²) in [4.78, 5) is 25.8. The van der Waals surface area contributed by atoms with Crippen molar-refractivity contribution in [2.45, 2.75) is 13.5 Å². The van der Waals surface area contributed by atoms with Crippen molar-refractivity contribution in [1.29, 1.82) is 0 Å². The highest BCUT2D eigenvalue weighted by atomic mass is 16.1. The van der Waals surface area contributed by atoms with E-state index in [1.807, 2.05) is 33.2 Å². The normalized spacial score (nSPS) is 10.3. The van der Waals surface area contributed by atoms with E-state index < -0.39 is 0 Å². The lowest BCUT2D eigenvalue weighted by molar-refractivity contribution is 0.0965. The molecule has 0 radical (unpaired) electrons. The van der Waals surface area contributed by atoms with Crippen LogP contribution in [0.3, 0.4) is 0 Å². The Morgan fingerprint density at radius 1 is 1.25 bits per heavy atom. The Morgan fingerprint density at radius 3 is 2.45 bits per heavy atom. The molecule has 0 atom stereocenters. The van der Waals surface area contributed by atoms with Gasteiger partial charge < -0.3 is 4.90 Å². The summed E-state index contributed by atoms with van der Waals surface area (Å²) >= 11 is 0. The lowest BCUT2D eigenvalue weighted by Crippen LogP contribution is -2.27. The highest BCUT2D eigenvalue weighted by molar-refractivity contribution is 5.95. The molecule has 0 aliphatic heterocycles. The van der Waals surface area contributed by atoms with Crippen LogP contribution in [0.25, 0.3) is 0 Å². The van der Waals surface area contributed by atoms with Gasteiger partial charge in [-0.3, -0.25) is 9.59 Å². The number of benzene rings is 1. The third kappa shape index (κ3) is 3.12. The van der Waals surface area contributed by atoms with Crippen LogP contribution in [-0.2, 0) is 6.54 Å². The van der Waals surface area contributed by atoms with Crippen molar-refractivity contribution in [2.24, 2.45) is 0 Å². The van der Waals surface area contributed by atoms with Crippen molar-refractivity contribution in [1.82, 2.24) is 9.78 Å². The average Bonchev–Trinajstić information content (AvgIpc) is 2.41. The molecule has 0 fully saturated rings. The smallest absolute Gasteiger partial charge is 0.269 e. The van der Waals surface area contributed by atoms with E-state index in [0.717, 1.165) is 5.56 Å². The number of Topliss-reactive ketones (excluding diaryl/α,β-unsaturated/α-hetero) is 1. The van der Waals surface area contributed by atoms with E-state index in [0.29, 0.717) is 11.3 Å². The van der Waals surface area contributed by atoms with Crippen LogP contribution in [0.4, 0.5) is 5.69 Å². The van der Waals surface area contributed by atoms with Crippen LogP contribution >= 0.6 is 0 Å².